The fourth-order valence-corrected chi connectivity index (χ4v) is 23.1. The van der Waals surface area contributed by atoms with Crippen LogP contribution in [0.15, 0.2) is 17.3 Å². The van der Waals surface area contributed by atoms with Crippen molar-refractivity contribution in [1.82, 2.24) is 0 Å². The van der Waals surface area contributed by atoms with E-state index < -0.39 is 23.5 Å². The molecule has 2 unspecified atom stereocenters. The van der Waals surface area contributed by atoms with Gasteiger partial charge in [-0.05, 0) is 0 Å². The van der Waals surface area contributed by atoms with Crippen LogP contribution in [0.4, 0.5) is 5.69 Å². The molecule has 1 aromatic carbocycles. The molecular formula is C21H36Cl2NOSi3Zr. The van der Waals surface area contributed by atoms with Gasteiger partial charge in [-0.1, -0.05) is 0 Å². The number of nitrogens with one attached hydrogen (secondary N) is 1. The predicted molar refractivity (Wildman–Crippen MR) is 123 cm³/mol. The quantitative estimate of drug-likeness (QED) is 0.525. The first-order valence-corrected chi connectivity index (χ1v) is 21.8. The molecule has 161 valence electrons. The van der Waals surface area contributed by atoms with Gasteiger partial charge in [-0.15, -0.1) is 0 Å². The van der Waals surface area contributed by atoms with Gasteiger partial charge in [0.1, 0.15) is 0 Å². The van der Waals surface area contributed by atoms with E-state index in [9.17, 15) is 0 Å². The monoisotopic (exact) mass is 562 g/mol. The molecule has 2 atom stereocenters. The summed E-state index contributed by atoms with van der Waals surface area (Å²) < 4.78 is 7.27. The molecule has 2 nitrogen and oxygen atoms in total. The predicted octanol–water partition coefficient (Wildman–Crippen LogP) is 0.451. The Morgan fingerprint density at radius 3 is 2.10 bits per heavy atom. The number of fused-ring (bicyclic) bond motifs is 2. The van der Waals surface area contributed by atoms with Crippen LogP contribution in [0.5, 0.6) is 5.75 Å². The number of halogens is 2. The summed E-state index contributed by atoms with van der Waals surface area (Å²) in [6, 6.07) is 6.02. The second kappa shape index (κ2) is 8.55. The van der Waals surface area contributed by atoms with Crippen LogP contribution in [0.25, 0.3) is 5.20 Å². The third-order valence-electron chi connectivity index (χ3n) is 6.45. The fourth-order valence-electron chi connectivity index (χ4n) is 4.45. The molecule has 2 aliphatic rings. The molecule has 0 amide bonds. The number of benzene rings is 1. The van der Waals surface area contributed by atoms with E-state index in [-0.39, 0.29) is 30.4 Å². The zero-order valence-electron chi connectivity index (χ0n) is 19.6. The zero-order chi connectivity index (χ0) is 20.6. The molecule has 1 aliphatic heterocycles. The average Bonchev–Trinajstić information content (AvgIpc) is 3.00. The Balaban J connectivity index is 0.00000210. The van der Waals surface area contributed by atoms with Crippen molar-refractivity contribution in [2.24, 2.45) is 0 Å². The van der Waals surface area contributed by atoms with Crippen molar-refractivity contribution in [2.75, 3.05) is 5.32 Å². The molecule has 29 heavy (non-hydrogen) atoms. The van der Waals surface area contributed by atoms with Crippen LogP contribution < -0.4 is 34.6 Å². The van der Waals surface area contributed by atoms with Crippen LogP contribution in [0.3, 0.4) is 0 Å². The van der Waals surface area contributed by atoms with Gasteiger partial charge in [0.05, 0.1) is 0 Å². The summed E-state index contributed by atoms with van der Waals surface area (Å²) in [4.78, 5) is 0. The van der Waals surface area contributed by atoms with E-state index in [0.717, 1.165) is 5.75 Å². The smallest absolute Gasteiger partial charge is 1.00 e. The van der Waals surface area contributed by atoms with Gasteiger partial charge >= 0.3 is 185 Å². The molecule has 0 bridgehead atoms. The Kier molecular flexibility index (Phi) is 8.17. The molecular weight excluding hydrogens is 529 g/mol. The zero-order valence-corrected chi connectivity index (χ0v) is 26.6. The maximum absolute atomic E-state index is 6.57. The Morgan fingerprint density at radius 2 is 1.66 bits per heavy atom. The van der Waals surface area contributed by atoms with Crippen LogP contribution in [-0.4, -0.2) is 29.0 Å². The molecule has 0 saturated carbocycles. The number of allylic oxidation sites excluding steroid dienone is 1. The van der Waals surface area contributed by atoms with Gasteiger partial charge in [-0.25, -0.2) is 0 Å². The van der Waals surface area contributed by atoms with Crippen LogP contribution in [0.1, 0.15) is 42.4 Å². The van der Waals surface area contributed by atoms with Crippen LogP contribution in [0.2, 0.25) is 45.3 Å². The maximum Gasteiger partial charge on any atom is -1.00 e. The Labute approximate surface area is 208 Å². The number of rotatable bonds is 5. The Bertz CT molecular complexity index is 830. The Morgan fingerprint density at radius 1 is 1.10 bits per heavy atom. The van der Waals surface area contributed by atoms with Gasteiger partial charge in [0.15, 0.2) is 0 Å². The molecule has 1 aromatic rings. The van der Waals surface area contributed by atoms with Gasteiger partial charge in [-0.2, -0.15) is 0 Å². The van der Waals surface area contributed by atoms with E-state index in [1.807, 2.05) is 10.4 Å². The number of hydrogen-bond acceptors (Lipinski definition) is 2. The Hall–Kier alpha value is 0.674. The van der Waals surface area contributed by atoms with Crippen molar-refractivity contribution in [3.8, 4) is 5.75 Å². The fraction of sp³-hybridized carbons (Fsp3) is 0.619. The van der Waals surface area contributed by atoms with Crippen molar-refractivity contribution in [3.05, 3.63) is 28.5 Å². The van der Waals surface area contributed by atoms with Gasteiger partial charge in [0, 0.05) is 0 Å². The minimum Gasteiger partial charge on any atom is -1.00 e. The second-order valence-corrected chi connectivity index (χ2v) is 31.7. The van der Waals surface area contributed by atoms with E-state index in [0.29, 0.717) is 3.63 Å². The van der Waals surface area contributed by atoms with Crippen molar-refractivity contribution < 1.29 is 54.0 Å². The summed E-state index contributed by atoms with van der Waals surface area (Å²) in [5.41, 5.74) is 4.44. The van der Waals surface area contributed by atoms with E-state index in [1.165, 1.54) is 11.7 Å². The average molecular weight is 565 g/mol. The van der Waals surface area contributed by atoms with Gasteiger partial charge in [-0.3, -0.25) is 0 Å². The SMILES string of the molecule is CC[Si](C)(C)[Si]1(C)C2=C1[CH]([Zr+2])c1ccc(O[Si](C)(C)C)c(NC(C)(C)C)c12.[Cl-].[Cl-]. The van der Waals surface area contributed by atoms with Crippen molar-refractivity contribution in [1.29, 1.82) is 0 Å². The van der Waals surface area contributed by atoms with Crippen LogP contribution in [0, 0.1) is 0 Å². The molecule has 1 heterocycles. The third kappa shape index (κ3) is 4.73. The normalized spacial score (nSPS) is 23.0. The first-order chi connectivity index (χ1) is 12.1. The molecule has 0 spiro atoms. The van der Waals surface area contributed by atoms with Crippen molar-refractivity contribution in [2.45, 2.75) is 82.2 Å². The van der Waals surface area contributed by atoms with Crippen molar-refractivity contribution >= 4 is 34.4 Å². The van der Waals surface area contributed by atoms with Crippen LogP contribution >= 0.6 is 0 Å². The standard InChI is InChI=1S/C21H36NOSi3.2ClH.Zr/c1-11-25(8,9)26(10)17-14-15-12-13-16(23-24(5,6)7)19(18(15)20(17)26)22-21(2,3)4;;;/h12-14,22H,11H2,1-10H3;2*1H;/q;;;+2/p-2. The minimum absolute atomic E-state index is 0. The third-order valence-corrected chi connectivity index (χ3v) is 27.6. The summed E-state index contributed by atoms with van der Waals surface area (Å²) in [5, 5.41) is 7.58. The van der Waals surface area contributed by atoms with Gasteiger partial charge < -0.3 is 24.8 Å². The summed E-state index contributed by atoms with van der Waals surface area (Å²) in [5.74, 6) is 1.08. The molecule has 0 aromatic heterocycles. The molecule has 1 N–H and O–H groups in total. The summed E-state index contributed by atoms with van der Waals surface area (Å²) >= 11 is 1.66. The van der Waals surface area contributed by atoms with E-state index in [4.69, 9.17) is 4.43 Å². The van der Waals surface area contributed by atoms with Gasteiger partial charge in [0.2, 0.25) is 0 Å². The van der Waals surface area contributed by atoms with Gasteiger partial charge in [0.25, 0.3) is 0 Å². The molecule has 0 saturated heterocycles. The topological polar surface area (TPSA) is 21.3 Å². The minimum atomic E-state index is -1.67. The molecule has 3 rings (SSSR count). The maximum atomic E-state index is 6.57. The first kappa shape index (κ1) is 27.7. The first-order valence-electron chi connectivity index (χ1n) is 10.2. The molecule has 8 heteroatoms. The van der Waals surface area contributed by atoms with E-state index in [1.54, 1.807) is 35.8 Å². The largest absolute Gasteiger partial charge is 1.00 e. The summed E-state index contributed by atoms with van der Waals surface area (Å²) in [6.45, 7) is 24.0. The van der Waals surface area contributed by atoms with Crippen molar-refractivity contribution in [3.63, 3.8) is 0 Å². The molecule has 0 radical (unpaired) electrons. The second-order valence-electron chi connectivity index (χ2n) is 11.1. The van der Waals surface area contributed by atoms with Crippen LogP contribution in [-0.2, 0) is 24.7 Å². The molecule has 1 aliphatic carbocycles. The number of anilines is 1. The van der Waals surface area contributed by atoms with E-state index in [2.05, 4.69) is 84.4 Å². The molecule has 0 fully saturated rings. The summed E-state index contributed by atoms with van der Waals surface area (Å²) in [6.07, 6.45) is 0. The van der Waals surface area contributed by atoms with E-state index >= 15 is 0 Å². The summed E-state index contributed by atoms with van der Waals surface area (Å²) in [7, 11) is -4.25. The number of hydrogen-bond donors (Lipinski definition) is 1.